The molecular weight excluding hydrogens is 335 g/mol. The first-order valence-corrected chi connectivity index (χ1v) is 9.04. The van der Waals surface area contributed by atoms with Crippen molar-refractivity contribution in [2.45, 2.75) is 25.0 Å². The lowest BCUT2D eigenvalue weighted by Gasteiger charge is -2.22. The van der Waals surface area contributed by atoms with Gasteiger partial charge in [0.2, 0.25) is 0 Å². The van der Waals surface area contributed by atoms with Crippen LogP contribution in [0.15, 0.2) is 42.6 Å². The van der Waals surface area contributed by atoms with Gasteiger partial charge in [-0.15, -0.1) is 0 Å². The number of fused-ring (bicyclic) bond motifs is 1. The van der Waals surface area contributed by atoms with Gasteiger partial charge >= 0.3 is 0 Å². The van der Waals surface area contributed by atoms with Gasteiger partial charge in [0, 0.05) is 19.6 Å². The van der Waals surface area contributed by atoms with Crippen molar-refractivity contribution in [2.75, 3.05) is 19.6 Å². The van der Waals surface area contributed by atoms with Gasteiger partial charge in [-0.25, -0.2) is 4.39 Å². The van der Waals surface area contributed by atoms with Crippen LogP contribution in [-0.4, -0.2) is 45.8 Å². The molecule has 138 valence electrons. The zero-order chi connectivity index (χ0) is 18.1. The Morgan fingerprint density at radius 1 is 1.12 bits per heavy atom. The van der Waals surface area contributed by atoms with Crippen LogP contribution >= 0.6 is 0 Å². The molecule has 26 heavy (non-hydrogen) atoms. The van der Waals surface area contributed by atoms with Crippen LogP contribution in [0.25, 0.3) is 0 Å². The van der Waals surface area contributed by atoms with Crippen molar-refractivity contribution in [1.82, 2.24) is 9.88 Å². The Bertz CT molecular complexity index is 724. The Labute approximate surface area is 152 Å². The number of benzene rings is 1. The molecule has 5 nitrogen and oxygen atoms in total. The number of rotatable bonds is 5. The summed E-state index contributed by atoms with van der Waals surface area (Å²) < 4.78 is 19.0. The molecule has 2 heterocycles. The van der Waals surface area contributed by atoms with Crippen molar-refractivity contribution in [3.05, 3.63) is 54.1 Å². The van der Waals surface area contributed by atoms with Gasteiger partial charge in [-0.05, 0) is 61.1 Å². The van der Waals surface area contributed by atoms with Gasteiger partial charge in [-0.2, -0.15) is 0 Å². The standard InChI is InChI=1S/C20H23FN2O3/c21-15-1-4-17(5-2-15)26-18-7-13-10-23(11-14(13)8-18)12-20(25)19-6-3-16(24)9-22-19/h1-6,9,13-14,18,20,24-25H,7-8,10-12H2/t13-,14+,18?,20?. The Hall–Kier alpha value is -2.18. The minimum Gasteiger partial charge on any atom is -0.506 e. The molecule has 0 spiro atoms. The highest BCUT2D eigenvalue weighted by atomic mass is 19.1. The number of aromatic hydroxyl groups is 1. The number of nitrogens with zero attached hydrogens (tertiary/aromatic N) is 2. The minimum absolute atomic E-state index is 0.101. The van der Waals surface area contributed by atoms with Gasteiger partial charge in [0.05, 0.1) is 18.0 Å². The summed E-state index contributed by atoms with van der Waals surface area (Å²) >= 11 is 0. The molecule has 0 amide bonds. The minimum atomic E-state index is -0.652. The summed E-state index contributed by atoms with van der Waals surface area (Å²) in [7, 11) is 0. The maximum atomic E-state index is 13.0. The Kier molecular flexibility index (Phi) is 4.78. The van der Waals surface area contributed by atoms with Crippen LogP contribution in [0.4, 0.5) is 4.39 Å². The van der Waals surface area contributed by atoms with E-state index in [-0.39, 0.29) is 17.7 Å². The van der Waals surface area contributed by atoms with E-state index in [2.05, 4.69) is 9.88 Å². The lowest BCUT2D eigenvalue weighted by molar-refractivity contribution is 0.113. The van der Waals surface area contributed by atoms with Crippen LogP contribution in [0, 0.1) is 17.7 Å². The first-order valence-electron chi connectivity index (χ1n) is 9.04. The first kappa shape index (κ1) is 17.2. The smallest absolute Gasteiger partial charge is 0.133 e. The molecule has 4 atom stereocenters. The van der Waals surface area contributed by atoms with E-state index in [0.29, 0.717) is 24.1 Å². The summed E-state index contributed by atoms with van der Waals surface area (Å²) in [5.41, 5.74) is 0.581. The summed E-state index contributed by atoms with van der Waals surface area (Å²) in [5.74, 6) is 1.71. The molecule has 1 saturated carbocycles. The highest BCUT2D eigenvalue weighted by Gasteiger charge is 2.42. The van der Waals surface area contributed by atoms with Gasteiger partial charge in [-0.3, -0.25) is 9.88 Å². The van der Waals surface area contributed by atoms with Crippen molar-refractivity contribution in [3.63, 3.8) is 0 Å². The highest BCUT2D eigenvalue weighted by molar-refractivity contribution is 5.23. The maximum absolute atomic E-state index is 13.0. The van der Waals surface area contributed by atoms with Gasteiger partial charge in [0.15, 0.2) is 0 Å². The number of aliphatic hydroxyl groups is 1. The second-order valence-electron chi connectivity index (χ2n) is 7.36. The van der Waals surface area contributed by atoms with Crippen LogP contribution in [0.3, 0.4) is 0 Å². The molecule has 1 aromatic carbocycles. The molecule has 4 rings (SSSR count). The van der Waals surface area contributed by atoms with E-state index in [1.54, 1.807) is 24.3 Å². The maximum Gasteiger partial charge on any atom is 0.133 e. The Balaban J connectivity index is 1.28. The number of hydrogen-bond acceptors (Lipinski definition) is 5. The SMILES string of the molecule is Oc1ccc(C(O)CN2C[C@H]3CC(Oc4ccc(F)cc4)C[C@H]3C2)nc1. The molecule has 2 N–H and O–H groups in total. The number of likely N-dealkylation sites (tertiary alicyclic amines) is 1. The topological polar surface area (TPSA) is 65.8 Å². The molecule has 0 bridgehead atoms. The molecule has 0 radical (unpaired) electrons. The summed E-state index contributed by atoms with van der Waals surface area (Å²) in [6.45, 7) is 2.44. The molecule has 2 unspecified atom stereocenters. The quantitative estimate of drug-likeness (QED) is 0.860. The number of halogens is 1. The summed E-state index contributed by atoms with van der Waals surface area (Å²) in [6.07, 6.45) is 2.87. The predicted octanol–water partition coefficient (Wildman–Crippen LogP) is 2.75. The summed E-state index contributed by atoms with van der Waals surface area (Å²) in [5, 5.41) is 19.7. The first-order chi connectivity index (χ1) is 12.6. The summed E-state index contributed by atoms with van der Waals surface area (Å²) in [4.78, 5) is 6.36. The van der Waals surface area contributed by atoms with Gasteiger partial charge < -0.3 is 14.9 Å². The molecule has 2 fully saturated rings. The van der Waals surface area contributed by atoms with Crippen molar-refractivity contribution in [3.8, 4) is 11.5 Å². The van der Waals surface area contributed by atoms with Crippen molar-refractivity contribution >= 4 is 0 Å². The van der Waals surface area contributed by atoms with E-state index < -0.39 is 6.10 Å². The molecule has 2 aliphatic rings. The van der Waals surface area contributed by atoms with Crippen LogP contribution in [0.1, 0.15) is 24.6 Å². The second-order valence-corrected chi connectivity index (χ2v) is 7.36. The normalized spacial score (nSPS) is 26.6. The van der Waals surface area contributed by atoms with Gasteiger partial charge in [0.1, 0.15) is 23.4 Å². The summed E-state index contributed by atoms with van der Waals surface area (Å²) in [6, 6.07) is 9.40. The average Bonchev–Trinajstić information content (AvgIpc) is 3.15. The molecule has 1 saturated heterocycles. The van der Waals surface area contributed by atoms with Crippen LogP contribution in [-0.2, 0) is 0 Å². The number of ether oxygens (including phenoxy) is 1. The zero-order valence-electron chi connectivity index (χ0n) is 14.5. The number of aliphatic hydroxyl groups excluding tert-OH is 1. The van der Waals surface area contributed by atoms with Crippen LogP contribution < -0.4 is 4.74 Å². The third-order valence-electron chi connectivity index (χ3n) is 5.44. The van der Waals surface area contributed by atoms with E-state index in [1.807, 2.05) is 0 Å². The fraction of sp³-hybridized carbons (Fsp3) is 0.450. The lowest BCUT2D eigenvalue weighted by atomic mass is 10.0. The highest BCUT2D eigenvalue weighted by Crippen LogP contribution is 2.40. The lowest BCUT2D eigenvalue weighted by Crippen LogP contribution is -2.29. The number of aromatic nitrogens is 1. The Morgan fingerprint density at radius 2 is 1.81 bits per heavy atom. The fourth-order valence-electron chi connectivity index (χ4n) is 4.23. The van der Waals surface area contributed by atoms with E-state index >= 15 is 0 Å². The van der Waals surface area contributed by atoms with E-state index in [1.165, 1.54) is 18.3 Å². The molecular formula is C20H23FN2O3. The third-order valence-corrected chi connectivity index (χ3v) is 5.44. The van der Waals surface area contributed by atoms with Crippen LogP contribution in [0.5, 0.6) is 11.5 Å². The van der Waals surface area contributed by atoms with Gasteiger partial charge in [0.25, 0.3) is 0 Å². The molecule has 1 aliphatic carbocycles. The van der Waals surface area contributed by atoms with Crippen molar-refractivity contribution < 1.29 is 19.3 Å². The third kappa shape index (κ3) is 3.81. The molecule has 6 heteroatoms. The largest absolute Gasteiger partial charge is 0.506 e. The van der Waals surface area contributed by atoms with Gasteiger partial charge in [-0.1, -0.05) is 0 Å². The van der Waals surface area contributed by atoms with Crippen LogP contribution in [0.2, 0.25) is 0 Å². The van der Waals surface area contributed by atoms with Crippen molar-refractivity contribution in [2.24, 2.45) is 11.8 Å². The zero-order valence-corrected chi connectivity index (χ0v) is 14.5. The second kappa shape index (κ2) is 7.21. The fourth-order valence-corrected chi connectivity index (χ4v) is 4.23. The molecule has 1 aliphatic heterocycles. The van der Waals surface area contributed by atoms with Crippen molar-refractivity contribution in [1.29, 1.82) is 0 Å². The monoisotopic (exact) mass is 358 g/mol. The average molecular weight is 358 g/mol. The number of β-amino-alcohol motifs (C(OH)–C–C–N with tert-alkyl or cyclic N) is 1. The van der Waals surface area contributed by atoms with E-state index in [4.69, 9.17) is 4.74 Å². The molecule has 1 aromatic heterocycles. The van der Waals surface area contributed by atoms with E-state index in [9.17, 15) is 14.6 Å². The predicted molar refractivity (Wildman–Crippen MR) is 94.3 cm³/mol. The molecule has 2 aromatic rings. The van der Waals surface area contributed by atoms with E-state index in [0.717, 1.165) is 31.7 Å². The number of pyridine rings is 1. The Morgan fingerprint density at radius 3 is 2.42 bits per heavy atom. The number of hydrogen-bond donors (Lipinski definition) is 2.